The monoisotopic (exact) mass is 280 g/mol. The third kappa shape index (κ3) is 4.78. The maximum Gasteiger partial charge on any atom is 0.146 e. The van der Waals surface area contributed by atoms with E-state index in [1.165, 1.54) is 0 Å². The summed E-state index contributed by atoms with van der Waals surface area (Å²) in [6, 6.07) is 5.96. The summed E-state index contributed by atoms with van der Waals surface area (Å²) in [6.45, 7) is 13.2. The molecule has 3 heteroatoms. The summed E-state index contributed by atoms with van der Waals surface area (Å²) in [4.78, 5) is 2.13. The fraction of sp³-hybridized carbons (Fsp3) is 0.647. The van der Waals surface area contributed by atoms with Gasteiger partial charge in [0.2, 0.25) is 0 Å². The summed E-state index contributed by atoms with van der Waals surface area (Å²) in [6.07, 6.45) is 1.02. The Bertz CT molecular complexity index is 404. The van der Waals surface area contributed by atoms with Crippen LogP contribution in [0.3, 0.4) is 0 Å². The van der Waals surface area contributed by atoms with Crippen LogP contribution >= 0.6 is 0 Å². The Morgan fingerprint density at radius 3 is 2.40 bits per heavy atom. The Kier molecular flexibility index (Phi) is 7.00. The van der Waals surface area contributed by atoms with Gasteiger partial charge in [0, 0.05) is 19.1 Å². The van der Waals surface area contributed by atoms with E-state index in [-0.39, 0.29) is 5.82 Å². The Labute approximate surface area is 123 Å². The lowest BCUT2D eigenvalue weighted by Gasteiger charge is -2.30. The van der Waals surface area contributed by atoms with Crippen molar-refractivity contribution in [2.45, 2.75) is 53.6 Å². The minimum atomic E-state index is -0.115. The SMILES string of the molecule is CCC(C)N(CC)c1ccc(CNCC(C)C)cc1F. The van der Waals surface area contributed by atoms with Crippen molar-refractivity contribution in [3.8, 4) is 0 Å². The van der Waals surface area contributed by atoms with Crippen LogP contribution in [-0.2, 0) is 6.54 Å². The van der Waals surface area contributed by atoms with E-state index >= 15 is 0 Å². The molecule has 0 amide bonds. The molecule has 1 rings (SSSR count). The van der Waals surface area contributed by atoms with E-state index in [0.717, 1.165) is 37.3 Å². The summed E-state index contributed by atoms with van der Waals surface area (Å²) in [5.41, 5.74) is 1.72. The van der Waals surface area contributed by atoms with E-state index in [1.54, 1.807) is 6.07 Å². The van der Waals surface area contributed by atoms with Crippen LogP contribution in [0.5, 0.6) is 0 Å². The van der Waals surface area contributed by atoms with Crippen molar-refractivity contribution < 1.29 is 4.39 Å². The van der Waals surface area contributed by atoms with Gasteiger partial charge in [-0.2, -0.15) is 0 Å². The molecule has 0 aliphatic heterocycles. The highest BCUT2D eigenvalue weighted by Gasteiger charge is 2.15. The highest BCUT2D eigenvalue weighted by atomic mass is 19.1. The van der Waals surface area contributed by atoms with Crippen LogP contribution in [0.4, 0.5) is 10.1 Å². The van der Waals surface area contributed by atoms with Crippen molar-refractivity contribution >= 4 is 5.69 Å². The normalized spacial score (nSPS) is 12.8. The summed E-state index contributed by atoms with van der Waals surface area (Å²) < 4.78 is 14.3. The van der Waals surface area contributed by atoms with Crippen LogP contribution in [0.2, 0.25) is 0 Å². The molecule has 1 unspecified atom stereocenters. The van der Waals surface area contributed by atoms with Gasteiger partial charge in [-0.25, -0.2) is 4.39 Å². The van der Waals surface area contributed by atoms with Crippen LogP contribution < -0.4 is 10.2 Å². The molecular formula is C17H29FN2. The zero-order valence-electron chi connectivity index (χ0n) is 13.5. The van der Waals surface area contributed by atoms with Crippen LogP contribution in [0.25, 0.3) is 0 Å². The molecule has 0 fully saturated rings. The lowest BCUT2D eigenvalue weighted by Crippen LogP contribution is -2.33. The van der Waals surface area contributed by atoms with E-state index in [2.05, 4.69) is 44.8 Å². The quantitative estimate of drug-likeness (QED) is 0.768. The predicted octanol–water partition coefficient (Wildman–Crippen LogP) is 4.20. The molecule has 1 atom stereocenters. The van der Waals surface area contributed by atoms with Gasteiger partial charge in [0.05, 0.1) is 5.69 Å². The van der Waals surface area contributed by atoms with E-state index in [4.69, 9.17) is 0 Å². The molecule has 0 aromatic heterocycles. The maximum absolute atomic E-state index is 14.3. The van der Waals surface area contributed by atoms with Crippen molar-refractivity contribution in [3.63, 3.8) is 0 Å². The number of hydrogen-bond donors (Lipinski definition) is 1. The zero-order chi connectivity index (χ0) is 15.1. The first kappa shape index (κ1) is 17.0. The van der Waals surface area contributed by atoms with Gasteiger partial charge in [-0.3, -0.25) is 0 Å². The summed E-state index contributed by atoms with van der Waals surface area (Å²) in [7, 11) is 0. The molecule has 2 nitrogen and oxygen atoms in total. The van der Waals surface area contributed by atoms with E-state index in [9.17, 15) is 4.39 Å². The van der Waals surface area contributed by atoms with Gasteiger partial charge in [-0.15, -0.1) is 0 Å². The molecule has 114 valence electrons. The zero-order valence-corrected chi connectivity index (χ0v) is 13.5. The van der Waals surface area contributed by atoms with Crippen LogP contribution in [-0.4, -0.2) is 19.1 Å². The molecule has 0 aliphatic carbocycles. The number of nitrogens with zero attached hydrogens (tertiary/aromatic N) is 1. The number of rotatable bonds is 8. The van der Waals surface area contributed by atoms with Crippen molar-refractivity contribution in [2.75, 3.05) is 18.0 Å². The topological polar surface area (TPSA) is 15.3 Å². The van der Waals surface area contributed by atoms with Crippen molar-refractivity contribution in [1.29, 1.82) is 0 Å². The Morgan fingerprint density at radius 1 is 1.20 bits per heavy atom. The van der Waals surface area contributed by atoms with Crippen molar-refractivity contribution in [3.05, 3.63) is 29.6 Å². The first-order valence-corrected chi connectivity index (χ1v) is 7.75. The van der Waals surface area contributed by atoms with Crippen LogP contribution in [0.1, 0.15) is 46.6 Å². The maximum atomic E-state index is 14.3. The number of nitrogens with one attached hydrogen (secondary N) is 1. The van der Waals surface area contributed by atoms with Gasteiger partial charge < -0.3 is 10.2 Å². The highest BCUT2D eigenvalue weighted by molar-refractivity contribution is 5.50. The largest absolute Gasteiger partial charge is 0.367 e. The van der Waals surface area contributed by atoms with Gasteiger partial charge in [0.25, 0.3) is 0 Å². The molecular weight excluding hydrogens is 251 g/mol. The lowest BCUT2D eigenvalue weighted by atomic mass is 10.1. The smallest absolute Gasteiger partial charge is 0.146 e. The molecule has 1 N–H and O–H groups in total. The summed E-state index contributed by atoms with van der Waals surface area (Å²) >= 11 is 0. The first-order valence-electron chi connectivity index (χ1n) is 7.75. The molecule has 1 aromatic carbocycles. The fourth-order valence-corrected chi connectivity index (χ4v) is 2.34. The molecule has 1 aromatic rings. The standard InChI is InChI=1S/C17H29FN2/c1-6-14(5)20(7-2)17-9-8-15(10-16(17)18)12-19-11-13(3)4/h8-10,13-14,19H,6-7,11-12H2,1-5H3. The van der Waals surface area contributed by atoms with E-state index in [0.29, 0.717) is 12.0 Å². The second-order valence-electron chi connectivity index (χ2n) is 5.85. The molecule has 0 saturated heterocycles. The molecule has 0 aliphatic rings. The van der Waals surface area contributed by atoms with Crippen LogP contribution in [0.15, 0.2) is 18.2 Å². The molecule has 0 heterocycles. The molecule has 20 heavy (non-hydrogen) atoms. The van der Waals surface area contributed by atoms with E-state index in [1.807, 2.05) is 12.1 Å². The van der Waals surface area contributed by atoms with Gasteiger partial charge in [-0.05, 0) is 50.4 Å². The average Bonchev–Trinajstić information content (AvgIpc) is 2.41. The number of benzene rings is 1. The minimum absolute atomic E-state index is 0.115. The second kappa shape index (κ2) is 8.25. The van der Waals surface area contributed by atoms with Crippen molar-refractivity contribution in [2.24, 2.45) is 5.92 Å². The predicted molar refractivity (Wildman–Crippen MR) is 85.7 cm³/mol. The molecule has 0 radical (unpaired) electrons. The van der Waals surface area contributed by atoms with Crippen molar-refractivity contribution in [1.82, 2.24) is 5.32 Å². The number of halogens is 1. The third-order valence-corrected chi connectivity index (χ3v) is 3.67. The molecule has 0 bridgehead atoms. The summed E-state index contributed by atoms with van der Waals surface area (Å²) in [5.74, 6) is 0.496. The number of anilines is 1. The second-order valence-corrected chi connectivity index (χ2v) is 5.85. The lowest BCUT2D eigenvalue weighted by molar-refractivity contribution is 0.548. The Balaban J connectivity index is 2.76. The van der Waals surface area contributed by atoms with Gasteiger partial charge in [0.15, 0.2) is 0 Å². The average molecular weight is 280 g/mol. The van der Waals surface area contributed by atoms with Gasteiger partial charge in [-0.1, -0.05) is 26.8 Å². The Hall–Kier alpha value is -1.09. The number of hydrogen-bond acceptors (Lipinski definition) is 2. The molecule has 0 saturated carbocycles. The third-order valence-electron chi connectivity index (χ3n) is 3.67. The summed E-state index contributed by atoms with van der Waals surface area (Å²) in [5, 5.41) is 3.34. The fourth-order valence-electron chi connectivity index (χ4n) is 2.34. The highest BCUT2D eigenvalue weighted by Crippen LogP contribution is 2.23. The van der Waals surface area contributed by atoms with Gasteiger partial charge in [0.1, 0.15) is 5.82 Å². The molecule has 0 spiro atoms. The minimum Gasteiger partial charge on any atom is -0.367 e. The Morgan fingerprint density at radius 2 is 1.90 bits per heavy atom. The van der Waals surface area contributed by atoms with Crippen LogP contribution in [0, 0.1) is 11.7 Å². The first-order chi connectivity index (χ1) is 9.49. The van der Waals surface area contributed by atoms with E-state index < -0.39 is 0 Å². The van der Waals surface area contributed by atoms with Gasteiger partial charge >= 0.3 is 0 Å².